The van der Waals surface area contributed by atoms with Gasteiger partial charge < -0.3 is 11.1 Å². The molecule has 0 heterocycles. The Morgan fingerprint density at radius 2 is 1.76 bits per heavy atom. The normalized spacial score (nSPS) is 10.3. The van der Waals surface area contributed by atoms with Crippen LogP contribution in [0.15, 0.2) is 40.9 Å². The lowest BCUT2D eigenvalue weighted by Crippen LogP contribution is -1.97. The van der Waals surface area contributed by atoms with Gasteiger partial charge in [0.05, 0.1) is 22.1 Å². The molecule has 2 rings (SSSR count). The topological polar surface area (TPSA) is 38.0 Å². The molecule has 0 aliphatic heterocycles. The molecule has 0 unspecified atom stereocenters. The first-order valence-corrected chi connectivity index (χ1v) is 6.33. The van der Waals surface area contributed by atoms with Gasteiger partial charge in [-0.25, -0.2) is 0 Å². The van der Waals surface area contributed by atoms with Crippen LogP contribution in [0.1, 0.15) is 5.56 Å². The molecule has 0 amide bonds. The van der Waals surface area contributed by atoms with E-state index in [1.165, 1.54) is 0 Å². The summed E-state index contributed by atoms with van der Waals surface area (Å²) in [5.41, 5.74) is 9.41. The highest BCUT2D eigenvalue weighted by atomic mass is 79.9. The zero-order valence-corrected chi connectivity index (χ0v) is 11.6. The van der Waals surface area contributed by atoms with Crippen LogP contribution in [-0.4, -0.2) is 0 Å². The fourth-order valence-electron chi connectivity index (χ4n) is 1.54. The van der Waals surface area contributed by atoms with Crippen LogP contribution < -0.4 is 11.1 Å². The minimum Gasteiger partial charge on any atom is -0.396 e. The van der Waals surface area contributed by atoms with Gasteiger partial charge >= 0.3 is 0 Å². The maximum atomic E-state index is 5.97. The van der Waals surface area contributed by atoms with Crippen molar-refractivity contribution < 1.29 is 0 Å². The van der Waals surface area contributed by atoms with Crippen molar-refractivity contribution in [2.45, 2.75) is 6.92 Å². The van der Waals surface area contributed by atoms with E-state index in [1.54, 1.807) is 6.07 Å². The average molecular weight is 312 g/mol. The molecule has 0 aromatic heterocycles. The van der Waals surface area contributed by atoms with Crippen LogP contribution in [0.4, 0.5) is 17.1 Å². The number of para-hydroxylation sites is 1. The second-order valence-corrected chi connectivity index (χ2v) is 4.96. The third kappa shape index (κ3) is 2.56. The Bertz CT molecular complexity index is 506. The summed E-state index contributed by atoms with van der Waals surface area (Å²) >= 11 is 9.52. The summed E-state index contributed by atoms with van der Waals surface area (Å²) in [7, 11) is 0. The first kappa shape index (κ1) is 12.3. The maximum Gasteiger partial charge on any atom is 0.0742 e. The summed E-state index contributed by atoms with van der Waals surface area (Å²) in [4.78, 5) is 0. The highest BCUT2D eigenvalue weighted by molar-refractivity contribution is 9.10. The van der Waals surface area contributed by atoms with E-state index in [9.17, 15) is 0 Å². The van der Waals surface area contributed by atoms with E-state index in [2.05, 4.69) is 21.2 Å². The Hall–Kier alpha value is -1.19. The van der Waals surface area contributed by atoms with Gasteiger partial charge in [0.15, 0.2) is 0 Å². The molecule has 0 saturated heterocycles. The Morgan fingerprint density at radius 3 is 2.53 bits per heavy atom. The van der Waals surface area contributed by atoms with E-state index >= 15 is 0 Å². The number of halogens is 2. The number of nitrogens with two attached hydrogens (primary N) is 1. The molecule has 88 valence electrons. The number of rotatable bonds is 2. The smallest absolute Gasteiger partial charge is 0.0742 e. The molecule has 0 bridgehead atoms. The number of hydrogen-bond donors (Lipinski definition) is 2. The number of nitrogen functional groups attached to an aromatic ring is 1. The van der Waals surface area contributed by atoms with Crippen molar-refractivity contribution in [3.05, 3.63) is 51.5 Å². The summed E-state index contributed by atoms with van der Waals surface area (Å²) < 4.78 is 1.03. The lowest BCUT2D eigenvalue weighted by atomic mass is 10.2. The number of anilines is 3. The molecule has 17 heavy (non-hydrogen) atoms. The van der Waals surface area contributed by atoms with Gasteiger partial charge in [0.2, 0.25) is 0 Å². The summed E-state index contributed by atoms with van der Waals surface area (Å²) in [6.07, 6.45) is 0. The molecule has 0 aliphatic carbocycles. The van der Waals surface area contributed by atoms with Crippen molar-refractivity contribution in [2.24, 2.45) is 0 Å². The summed E-state index contributed by atoms with van der Waals surface area (Å²) in [6, 6.07) is 11.5. The van der Waals surface area contributed by atoms with Crippen LogP contribution in [0.25, 0.3) is 0 Å². The fraction of sp³-hybridized carbons (Fsp3) is 0.0769. The van der Waals surface area contributed by atoms with Gasteiger partial charge in [-0.1, -0.05) is 29.8 Å². The monoisotopic (exact) mass is 310 g/mol. The van der Waals surface area contributed by atoms with Crippen molar-refractivity contribution in [2.75, 3.05) is 11.1 Å². The van der Waals surface area contributed by atoms with Crippen molar-refractivity contribution in [3.8, 4) is 0 Å². The zero-order valence-electron chi connectivity index (χ0n) is 9.30. The Morgan fingerprint density at radius 1 is 1.12 bits per heavy atom. The van der Waals surface area contributed by atoms with E-state index < -0.39 is 0 Å². The average Bonchev–Trinajstić information content (AvgIpc) is 2.31. The molecule has 0 spiro atoms. The largest absolute Gasteiger partial charge is 0.396 e. The Kier molecular flexibility index (Phi) is 3.60. The second kappa shape index (κ2) is 4.98. The van der Waals surface area contributed by atoms with E-state index in [0.717, 1.165) is 21.4 Å². The first-order valence-electron chi connectivity index (χ1n) is 5.15. The van der Waals surface area contributed by atoms with Crippen LogP contribution in [0.2, 0.25) is 5.02 Å². The van der Waals surface area contributed by atoms with E-state index in [0.29, 0.717) is 10.7 Å². The lowest BCUT2D eigenvalue weighted by molar-refractivity contribution is 1.41. The van der Waals surface area contributed by atoms with Crippen molar-refractivity contribution in [1.29, 1.82) is 0 Å². The molecule has 0 radical (unpaired) electrons. The van der Waals surface area contributed by atoms with Crippen molar-refractivity contribution >= 4 is 44.6 Å². The van der Waals surface area contributed by atoms with Crippen LogP contribution in [0.5, 0.6) is 0 Å². The first-order chi connectivity index (χ1) is 8.09. The van der Waals surface area contributed by atoms with Crippen LogP contribution in [0.3, 0.4) is 0 Å². The van der Waals surface area contributed by atoms with Gasteiger partial charge in [-0.2, -0.15) is 0 Å². The summed E-state index contributed by atoms with van der Waals surface area (Å²) in [6.45, 7) is 2.04. The standard InChI is InChI=1S/C13H12BrClN2/c1-8-4-2-6-10(12(8)14)17-11-7-3-5-9(15)13(11)16/h2-7,17H,16H2,1H3. The fourth-order valence-corrected chi connectivity index (χ4v) is 2.07. The highest BCUT2D eigenvalue weighted by Gasteiger charge is 2.06. The van der Waals surface area contributed by atoms with Crippen molar-refractivity contribution in [3.63, 3.8) is 0 Å². The molecule has 0 aliphatic rings. The van der Waals surface area contributed by atoms with Gasteiger partial charge in [0.25, 0.3) is 0 Å². The molecule has 0 fully saturated rings. The molecular formula is C13H12BrClN2. The number of hydrogen-bond acceptors (Lipinski definition) is 2. The summed E-state index contributed by atoms with van der Waals surface area (Å²) in [5, 5.41) is 3.82. The zero-order chi connectivity index (χ0) is 12.4. The second-order valence-electron chi connectivity index (χ2n) is 3.76. The molecule has 4 heteroatoms. The molecule has 3 N–H and O–H groups in total. The minimum atomic E-state index is 0.554. The Balaban J connectivity index is 2.38. The third-order valence-electron chi connectivity index (χ3n) is 2.51. The third-order valence-corrected chi connectivity index (χ3v) is 3.90. The van der Waals surface area contributed by atoms with Crippen LogP contribution >= 0.6 is 27.5 Å². The van der Waals surface area contributed by atoms with Gasteiger partial charge in [0.1, 0.15) is 0 Å². The quantitative estimate of drug-likeness (QED) is 0.786. The molecule has 2 aromatic carbocycles. The number of aryl methyl sites for hydroxylation is 1. The number of nitrogens with one attached hydrogen (secondary N) is 1. The molecule has 2 nitrogen and oxygen atoms in total. The van der Waals surface area contributed by atoms with Gasteiger partial charge in [-0.15, -0.1) is 0 Å². The van der Waals surface area contributed by atoms with E-state index in [4.69, 9.17) is 17.3 Å². The minimum absolute atomic E-state index is 0.554. The lowest BCUT2D eigenvalue weighted by Gasteiger charge is -2.12. The van der Waals surface area contributed by atoms with E-state index in [1.807, 2.05) is 37.3 Å². The SMILES string of the molecule is Cc1cccc(Nc2cccc(Cl)c2N)c1Br. The van der Waals surface area contributed by atoms with Crippen LogP contribution in [0, 0.1) is 6.92 Å². The van der Waals surface area contributed by atoms with Crippen molar-refractivity contribution in [1.82, 2.24) is 0 Å². The maximum absolute atomic E-state index is 5.97. The predicted molar refractivity (Wildman–Crippen MR) is 78.0 cm³/mol. The molecule has 0 saturated carbocycles. The van der Waals surface area contributed by atoms with E-state index in [-0.39, 0.29) is 0 Å². The van der Waals surface area contributed by atoms with Gasteiger partial charge in [-0.05, 0) is 46.6 Å². The summed E-state index contributed by atoms with van der Waals surface area (Å²) in [5.74, 6) is 0. The molecule has 2 aromatic rings. The number of benzene rings is 2. The molecule has 0 atom stereocenters. The van der Waals surface area contributed by atoms with Crippen LogP contribution in [-0.2, 0) is 0 Å². The molecular weight excluding hydrogens is 300 g/mol. The Labute approximate surface area is 114 Å². The van der Waals surface area contributed by atoms with Gasteiger partial charge in [-0.3, -0.25) is 0 Å². The van der Waals surface area contributed by atoms with Gasteiger partial charge in [0, 0.05) is 4.47 Å². The highest BCUT2D eigenvalue weighted by Crippen LogP contribution is 2.33. The predicted octanol–water partition coefficient (Wildman–Crippen LogP) is 4.74.